The number of carbonyl (C=O) groups excluding carboxylic acids is 1. The Kier molecular flexibility index (Phi) is 8.70. The maximum atomic E-state index is 13.2. The first kappa shape index (κ1) is 25.2. The van der Waals surface area contributed by atoms with Gasteiger partial charge in [0.1, 0.15) is 0 Å². The number of halogens is 1. The number of sulfone groups is 1. The van der Waals surface area contributed by atoms with E-state index in [-0.39, 0.29) is 24.5 Å². The fourth-order valence-corrected chi connectivity index (χ4v) is 6.79. The Morgan fingerprint density at radius 2 is 1.88 bits per heavy atom. The van der Waals surface area contributed by atoms with E-state index in [2.05, 4.69) is 20.8 Å². The second kappa shape index (κ2) is 11.7. The molecule has 0 unspecified atom stereocenters. The number of ether oxygens (including phenoxy) is 1. The van der Waals surface area contributed by atoms with Gasteiger partial charge in [-0.3, -0.25) is 14.6 Å². The second-order valence-electron chi connectivity index (χ2n) is 8.20. The third-order valence-corrected chi connectivity index (χ3v) is 9.09. The quantitative estimate of drug-likeness (QED) is 0.363. The number of thiazole rings is 1. The number of hydrogen-bond acceptors (Lipinski definition) is 7. The number of aromatic nitrogens is 1. The molecule has 0 atom stereocenters. The molecule has 34 heavy (non-hydrogen) atoms. The van der Waals surface area contributed by atoms with Crippen molar-refractivity contribution in [1.29, 1.82) is 0 Å². The average molecular weight is 567 g/mol. The molecule has 0 aliphatic carbocycles. The highest BCUT2D eigenvalue weighted by molar-refractivity contribution is 9.10. The lowest BCUT2D eigenvalue weighted by Crippen LogP contribution is -2.39. The number of fused-ring (bicyclic) bond motifs is 1. The van der Waals surface area contributed by atoms with E-state index in [9.17, 15) is 13.2 Å². The van der Waals surface area contributed by atoms with Gasteiger partial charge in [-0.1, -0.05) is 45.5 Å². The normalized spacial score (nSPS) is 15.0. The summed E-state index contributed by atoms with van der Waals surface area (Å²) in [4.78, 5) is 22.3. The predicted molar refractivity (Wildman–Crippen MR) is 139 cm³/mol. The Morgan fingerprint density at radius 3 is 2.65 bits per heavy atom. The fourth-order valence-electron chi connectivity index (χ4n) is 3.90. The molecule has 3 aromatic rings. The van der Waals surface area contributed by atoms with Gasteiger partial charge in [-0.15, -0.1) is 0 Å². The average Bonchev–Trinajstić information content (AvgIpc) is 3.25. The summed E-state index contributed by atoms with van der Waals surface area (Å²) in [5, 5.41) is 0.658. The summed E-state index contributed by atoms with van der Waals surface area (Å²) in [7, 11) is -3.41. The van der Waals surface area contributed by atoms with Gasteiger partial charge in [0.15, 0.2) is 15.0 Å². The molecule has 1 aliphatic heterocycles. The lowest BCUT2D eigenvalue weighted by Gasteiger charge is -2.27. The van der Waals surface area contributed by atoms with Crippen LogP contribution in [0.3, 0.4) is 0 Å². The first-order chi connectivity index (χ1) is 16.4. The van der Waals surface area contributed by atoms with Crippen LogP contribution < -0.4 is 4.90 Å². The van der Waals surface area contributed by atoms with Crippen molar-refractivity contribution < 1.29 is 17.9 Å². The van der Waals surface area contributed by atoms with Crippen LogP contribution in [-0.4, -0.2) is 69.4 Å². The van der Waals surface area contributed by atoms with Crippen LogP contribution >= 0.6 is 27.3 Å². The third kappa shape index (κ3) is 6.63. The number of hydrogen-bond donors (Lipinski definition) is 0. The van der Waals surface area contributed by atoms with Gasteiger partial charge in [-0.25, -0.2) is 13.4 Å². The molecule has 0 bridgehead atoms. The van der Waals surface area contributed by atoms with Crippen LogP contribution in [0.5, 0.6) is 0 Å². The number of rotatable bonds is 10. The van der Waals surface area contributed by atoms with Gasteiger partial charge in [0.25, 0.3) is 0 Å². The van der Waals surface area contributed by atoms with Gasteiger partial charge in [-0.05, 0) is 43.2 Å². The van der Waals surface area contributed by atoms with Crippen molar-refractivity contribution in [2.45, 2.75) is 24.2 Å². The lowest BCUT2D eigenvalue weighted by molar-refractivity contribution is -0.118. The van der Waals surface area contributed by atoms with E-state index in [1.807, 2.05) is 18.2 Å². The molecule has 0 spiro atoms. The van der Waals surface area contributed by atoms with E-state index in [0.29, 0.717) is 16.6 Å². The molecule has 10 heteroatoms. The number of amides is 1. The summed E-state index contributed by atoms with van der Waals surface area (Å²) < 4.78 is 32.6. The third-order valence-electron chi connectivity index (χ3n) is 5.74. The summed E-state index contributed by atoms with van der Waals surface area (Å²) in [6, 6.07) is 14.3. The highest BCUT2D eigenvalue weighted by Gasteiger charge is 2.22. The van der Waals surface area contributed by atoms with E-state index in [1.54, 1.807) is 35.2 Å². The van der Waals surface area contributed by atoms with Gasteiger partial charge in [0.05, 0.1) is 34.1 Å². The smallest absolute Gasteiger partial charge is 0.228 e. The van der Waals surface area contributed by atoms with E-state index >= 15 is 0 Å². The summed E-state index contributed by atoms with van der Waals surface area (Å²) in [6.07, 6.45) is 1.24. The molecule has 1 amide bonds. The predicted octanol–water partition coefficient (Wildman–Crippen LogP) is 4.37. The first-order valence-electron chi connectivity index (χ1n) is 11.4. The largest absolute Gasteiger partial charge is 0.379 e. The van der Waals surface area contributed by atoms with Crippen molar-refractivity contribution in [3.63, 3.8) is 0 Å². The molecule has 7 nitrogen and oxygen atoms in total. The second-order valence-corrected chi connectivity index (χ2v) is 12.2. The van der Waals surface area contributed by atoms with E-state index in [4.69, 9.17) is 9.72 Å². The summed E-state index contributed by atoms with van der Waals surface area (Å²) in [6.45, 7) is 4.71. The van der Waals surface area contributed by atoms with Crippen molar-refractivity contribution in [3.05, 3.63) is 53.0 Å². The molecular weight excluding hydrogens is 538 g/mol. The minimum Gasteiger partial charge on any atom is -0.379 e. The summed E-state index contributed by atoms with van der Waals surface area (Å²) >= 11 is 4.97. The fraction of sp³-hybridized carbons (Fsp3) is 0.417. The van der Waals surface area contributed by atoms with Gasteiger partial charge in [0.2, 0.25) is 5.91 Å². The molecule has 0 radical (unpaired) electrons. The van der Waals surface area contributed by atoms with Crippen LogP contribution in [0.1, 0.15) is 19.3 Å². The number of carbonyl (C=O) groups is 1. The van der Waals surface area contributed by atoms with Crippen molar-refractivity contribution in [2.75, 3.05) is 50.0 Å². The highest BCUT2D eigenvalue weighted by Crippen LogP contribution is 2.31. The highest BCUT2D eigenvalue weighted by atomic mass is 79.9. The minimum absolute atomic E-state index is 0.0584. The monoisotopic (exact) mass is 565 g/mol. The Morgan fingerprint density at radius 1 is 1.12 bits per heavy atom. The molecule has 2 aromatic carbocycles. The van der Waals surface area contributed by atoms with Gasteiger partial charge in [-0.2, -0.15) is 0 Å². The molecule has 1 aromatic heterocycles. The van der Waals surface area contributed by atoms with Crippen molar-refractivity contribution >= 4 is 58.4 Å². The molecule has 1 fully saturated rings. The van der Waals surface area contributed by atoms with Crippen molar-refractivity contribution in [2.24, 2.45) is 0 Å². The number of anilines is 1. The molecule has 1 aliphatic rings. The van der Waals surface area contributed by atoms with Gasteiger partial charge in [0, 0.05) is 37.1 Å². The van der Waals surface area contributed by atoms with Gasteiger partial charge < -0.3 is 4.74 Å². The van der Waals surface area contributed by atoms with E-state index in [1.165, 1.54) is 11.3 Å². The molecule has 2 heterocycles. The van der Waals surface area contributed by atoms with Crippen LogP contribution in [0.25, 0.3) is 10.2 Å². The van der Waals surface area contributed by atoms with Crippen LogP contribution in [0.4, 0.5) is 5.13 Å². The lowest BCUT2D eigenvalue weighted by atomic mass is 10.2. The maximum Gasteiger partial charge on any atom is 0.228 e. The minimum atomic E-state index is -3.41. The van der Waals surface area contributed by atoms with Crippen LogP contribution in [0.15, 0.2) is 57.9 Å². The molecule has 0 saturated carbocycles. The van der Waals surface area contributed by atoms with Crippen molar-refractivity contribution in [3.8, 4) is 0 Å². The SMILES string of the molecule is O=C(CCCS(=O)(=O)c1ccccc1)N(CCCN1CCOCC1)c1nc2ccc(Br)cc2s1. The zero-order chi connectivity index (χ0) is 24.0. The van der Waals surface area contributed by atoms with Crippen LogP contribution in [0.2, 0.25) is 0 Å². The van der Waals surface area contributed by atoms with Crippen LogP contribution in [0, 0.1) is 0 Å². The Balaban J connectivity index is 1.43. The van der Waals surface area contributed by atoms with E-state index < -0.39 is 9.84 Å². The standard InChI is InChI=1S/C24H28BrN3O4S2/c25-19-9-10-21-22(18-19)33-24(26-21)28(12-5-11-27-13-15-32-16-14-27)23(29)8-4-17-34(30,31)20-6-2-1-3-7-20/h1-3,6-7,9-10,18H,4-5,8,11-17H2. The number of morpholine rings is 1. The summed E-state index contributed by atoms with van der Waals surface area (Å²) in [5.74, 6) is -0.152. The topological polar surface area (TPSA) is 79.8 Å². The molecule has 4 rings (SSSR count). The zero-order valence-corrected chi connectivity index (χ0v) is 22.1. The number of benzene rings is 2. The Hall–Kier alpha value is -1.85. The van der Waals surface area contributed by atoms with Crippen LogP contribution in [-0.2, 0) is 19.4 Å². The molecular formula is C24H28BrN3O4S2. The van der Waals surface area contributed by atoms with Gasteiger partial charge >= 0.3 is 0 Å². The molecule has 1 saturated heterocycles. The Bertz CT molecular complexity index is 1210. The maximum absolute atomic E-state index is 13.2. The van der Waals surface area contributed by atoms with Crippen molar-refractivity contribution in [1.82, 2.24) is 9.88 Å². The summed E-state index contributed by atoms with van der Waals surface area (Å²) in [5.41, 5.74) is 0.848. The molecule has 182 valence electrons. The zero-order valence-electron chi connectivity index (χ0n) is 18.9. The molecule has 0 N–H and O–H groups in total. The Labute approximate surface area is 212 Å². The number of nitrogens with zero attached hydrogens (tertiary/aromatic N) is 3. The first-order valence-corrected chi connectivity index (χ1v) is 14.6. The van der Waals surface area contributed by atoms with E-state index in [0.717, 1.165) is 54.0 Å².